The highest BCUT2D eigenvalue weighted by molar-refractivity contribution is 5.95. The Labute approximate surface area is 611 Å². The molecule has 3 heterocycles. The van der Waals surface area contributed by atoms with Crippen LogP contribution in [-0.4, -0.2) is 190 Å². The van der Waals surface area contributed by atoms with Gasteiger partial charge in [0.05, 0.1) is 29.5 Å². The third-order valence-electron chi connectivity index (χ3n) is 20.0. The number of alkyl halides is 6. The van der Waals surface area contributed by atoms with Gasteiger partial charge >= 0.3 is 18.4 Å². The highest BCUT2D eigenvalue weighted by atomic mass is 35.5. The summed E-state index contributed by atoms with van der Waals surface area (Å²) in [6.07, 6.45) is -3.91. The van der Waals surface area contributed by atoms with Gasteiger partial charge < -0.3 is 48.5 Å². The number of halogens is 10. The standard InChI is InChI=1S/C76H89F7N8O8.3ClH/c1-85(35-14-6-9-25-68(92)87(3)43-44-89-38-30-63(31-39-89)99-72(96)84-66-24-13-11-22-64(66)55-18-7-5-8-19-55)50-54-17-15-21-57(45-54)70(94)88(4)37-16-36-86(2)69(93)51-97-67-48-56-20-10-12-23-65(56)73(67)32-40-90(41-33-73)42-34-74(59-26-28-62(77)29-27-59)52-91(53-98-74)71(95)58-46-60(75(78,79)80)49-61(47-58)76(81,82)83;;;/h5,7-8,10-13,15,17-24,26-29,45-47,49,63,67H,6,9,14,16,25,30-44,48,50-53H2,1-4H3,(H,84,96);3*1H/t67-,74-;;;/m0.../s1. The summed E-state index contributed by atoms with van der Waals surface area (Å²) in [5, 5.41) is 2.94. The lowest BCUT2D eigenvalue weighted by Gasteiger charge is -2.44. The quantitative estimate of drug-likeness (QED) is 0.0388. The second kappa shape index (κ2) is 36.9. The average Bonchev–Trinajstić information content (AvgIpc) is 1.58. The van der Waals surface area contributed by atoms with Crippen molar-refractivity contribution >= 4 is 72.6 Å². The molecular formula is C76H92Cl3F7N8O8. The number of para-hydroxylation sites is 1. The van der Waals surface area contributed by atoms with Gasteiger partial charge in [-0.25, -0.2) is 9.18 Å². The van der Waals surface area contributed by atoms with Gasteiger partial charge in [0, 0.05) is 102 Å². The first kappa shape index (κ1) is 81.9. The molecule has 1 aliphatic carbocycles. The first-order valence-electron chi connectivity index (χ1n) is 34.1. The van der Waals surface area contributed by atoms with Crippen LogP contribution in [0.2, 0.25) is 0 Å². The number of hydrogen-bond acceptors (Lipinski definition) is 11. The topological polar surface area (TPSA) is 148 Å². The summed E-state index contributed by atoms with van der Waals surface area (Å²) in [4.78, 5) is 80.1. The number of hydrogen-bond donors (Lipinski definition) is 1. The highest BCUT2D eigenvalue weighted by Crippen LogP contribution is 2.49. The number of ether oxygens (including phenoxy) is 3. The third kappa shape index (κ3) is 21.2. The zero-order chi connectivity index (χ0) is 70.5. The predicted octanol–water partition coefficient (Wildman–Crippen LogP) is 14.3. The molecule has 0 aromatic heterocycles. The van der Waals surface area contributed by atoms with E-state index in [9.17, 15) is 54.7 Å². The summed E-state index contributed by atoms with van der Waals surface area (Å²) in [5.41, 5.74) is 1.35. The number of carbonyl (C=O) groups excluding carboxylic acids is 5. The first-order valence-corrected chi connectivity index (χ1v) is 34.1. The molecular weight excluding hydrogens is 1390 g/mol. The predicted molar refractivity (Wildman–Crippen MR) is 385 cm³/mol. The SMILES string of the molecule is CN(CCCCCC(=O)N(C)CCN1CCC(OC(=O)Nc2ccccc2-c2ccccc2)CC1)Cc1cccc(C(=O)N(C)CCCN(C)C(=O)CO[C@H]2Cc3ccccc3C23CCN(CC[C@@]2(c4ccc(F)cc4)CN(C(=O)c4cc(C(F)(F)F)cc(C(F)(F)F)c4)CO2)CC3)c1.Cl.Cl.Cl. The van der Waals surface area contributed by atoms with Crippen molar-refractivity contribution in [1.29, 1.82) is 0 Å². The fourth-order valence-electron chi connectivity index (χ4n) is 14.2. The molecule has 0 bridgehead atoms. The van der Waals surface area contributed by atoms with E-state index < -0.39 is 64.6 Å². The van der Waals surface area contributed by atoms with Gasteiger partial charge in [-0.2, -0.15) is 26.3 Å². The van der Waals surface area contributed by atoms with Crippen LogP contribution in [0, 0.1) is 5.82 Å². The number of carbonyl (C=O) groups is 5. The second-order valence-corrected chi connectivity index (χ2v) is 26.9. The van der Waals surface area contributed by atoms with E-state index in [0.717, 1.165) is 91.0 Å². The normalized spacial score (nSPS) is 17.6. The van der Waals surface area contributed by atoms with Crippen LogP contribution in [-0.2, 0) is 60.1 Å². The van der Waals surface area contributed by atoms with Gasteiger partial charge in [0.25, 0.3) is 11.8 Å². The van der Waals surface area contributed by atoms with E-state index in [2.05, 4.69) is 39.2 Å². The van der Waals surface area contributed by atoms with Crippen molar-refractivity contribution in [2.24, 2.45) is 0 Å². The van der Waals surface area contributed by atoms with Gasteiger partial charge in [0.15, 0.2) is 0 Å². The zero-order valence-electron chi connectivity index (χ0n) is 58.0. The van der Waals surface area contributed by atoms with E-state index in [0.29, 0.717) is 107 Å². The van der Waals surface area contributed by atoms with Crippen molar-refractivity contribution in [2.75, 3.05) is 119 Å². The van der Waals surface area contributed by atoms with Gasteiger partial charge in [-0.1, -0.05) is 103 Å². The monoisotopic (exact) mass is 1480 g/mol. The van der Waals surface area contributed by atoms with Crippen LogP contribution in [0.1, 0.15) is 118 Å². The fraction of sp³-hybridized carbons (Fsp3) is 0.461. The molecule has 6 aromatic rings. The van der Waals surface area contributed by atoms with Crippen LogP contribution in [0.15, 0.2) is 146 Å². The van der Waals surface area contributed by atoms with Crippen molar-refractivity contribution in [3.8, 4) is 11.1 Å². The number of benzene rings is 6. The summed E-state index contributed by atoms with van der Waals surface area (Å²) in [7, 11) is 7.39. The van der Waals surface area contributed by atoms with Gasteiger partial charge in [0.1, 0.15) is 30.9 Å². The van der Waals surface area contributed by atoms with Crippen LogP contribution in [0.25, 0.3) is 11.1 Å². The number of unbranched alkanes of at least 4 members (excludes halogenated alkanes) is 2. The molecule has 0 unspecified atom stereocenters. The van der Waals surface area contributed by atoms with E-state index in [1.165, 1.54) is 24.3 Å². The molecule has 6 aromatic carbocycles. The third-order valence-corrected chi connectivity index (χ3v) is 20.0. The number of piperidine rings is 2. The number of likely N-dealkylation sites (N-methyl/N-ethyl adjacent to an activating group) is 2. The fourth-order valence-corrected chi connectivity index (χ4v) is 14.2. The average molecular weight is 1480 g/mol. The van der Waals surface area contributed by atoms with E-state index in [1.54, 1.807) is 23.9 Å². The molecule has 2 atom stereocenters. The minimum absolute atomic E-state index is 0. The maximum atomic E-state index is 14.3. The first-order chi connectivity index (χ1) is 47.4. The van der Waals surface area contributed by atoms with Crippen LogP contribution < -0.4 is 5.32 Å². The Morgan fingerprint density at radius 1 is 0.627 bits per heavy atom. The van der Waals surface area contributed by atoms with E-state index in [-0.39, 0.29) is 92.8 Å². The highest BCUT2D eigenvalue weighted by Gasteiger charge is 2.50. The van der Waals surface area contributed by atoms with Gasteiger partial charge in [-0.15, -0.1) is 37.2 Å². The maximum absolute atomic E-state index is 14.3. The van der Waals surface area contributed by atoms with Crippen LogP contribution >= 0.6 is 37.2 Å². The largest absolute Gasteiger partial charge is 0.446 e. The Bertz CT molecular complexity index is 3720. The number of amides is 5. The molecule has 26 heteroatoms. The molecule has 3 fully saturated rings. The molecule has 102 heavy (non-hydrogen) atoms. The Morgan fingerprint density at radius 2 is 1.26 bits per heavy atom. The van der Waals surface area contributed by atoms with Crippen molar-refractivity contribution in [1.82, 2.24) is 34.3 Å². The van der Waals surface area contributed by atoms with Crippen molar-refractivity contribution in [3.63, 3.8) is 0 Å². The van der Waals surface area contributed by atoms with Gasteiger partial charge in [-0.05, 0) is 161 Å². The minimum Gasteiger partial charge on any atom is -0.446 e. The van der Waals surface area contributed by atoms with E-state index in [1.807, 2.05) is 103 Å². The number of likely N-dealkylation sites (tertiary alicyclic amines) is 2. The molecule has 16 nitrogen and oxygen atoms in total. The Balaban J connectivity index is 0.00000486. The summed E-state index contributed by atoms with van der Waals surface area (Å²) < 4.78 is 116. The van der Waals surface area contributed by atoms with Gasteiger partial charge in [-0.3, -0.25) is 24.5 Å². The Hall–Kier alpha value is -7.35. The minimum atomic E-state index is -5.15. The van der Waals surface area contributed by atoms with Crippen LogP contribution in [0.5, 0.6) is 0 Å². The molecule has 0 saturated carbocycles. The van der Waals surface area contributed by atoms with Gasteiger partial charge in [0.2, 0.25) is 11.8 Å². The van der Waals surface area contributed by atoms with E-state index in [4.69, 9.17) is 14.2 Å². The number of nitrogens with one attached hydrogen (secondary N) is 1. The molecule has 0 radical (unpaired) electrons. The molecule has 1 N–H and O–H groups in total. The number of nitrogens with zero attached hydrogens (tertiary/aromatic N) is 7. The molecule has 10 rings (SSSR count). The summed E-state index contributed by atoms with van der Waals surface area (Å²) in [5.74, 6) is -1.79. The second-order valence-electron chi connectivity index (χ2n) is 26.9. The smallest absolute Gasteiger partial charge is 0.416 e. The molecule has 4 aliphatic rings. The molecule has 3 saturated heterocycles. The summed E-state index contributed by atoms with van der Waals surface area (Å²) in [6, 6.07) is 39.6. The lowest BCUT2D eigenvalue weighted by molar-refractivity contribution is -0.143. The molecule has 3 aliphatic heterocycles. The van der Waals surface area contributed by atoms with Crippen molar-refractivity contribution in [2.45, 2.75) is 113 Å². The maximum Gasteiger partial charge on any atom is 0.416 e. The van der Waals surface area contributed by atoms with Crippen LogP contribution in [0.4, 0.5) is 41.2 Å². The van der Waals surface area contributed by atoms with Crippen LogP contribution in [0.3, 0.4) is 0 Å². The summed E-state index contributed by atoms with van der Waals surface area (Å²) >= 11 is 0. The zero-order valence-corrected chi connectivity index (χ0v) is 60.4. The Morgan fingerprint density at radius 3 is 1.96 bits per heavy atom. The lowest BCUT2D eigenvalue weighted by Crippen LogP contribution is -2.50. The number of rotatable bonds is 27. The lowest BCUT2D eigenvalue weighted by atomic mass is 9.72. The van der Waals surface area contributed by atoms with Crippen molar-refractivity contribution in [3.05, 3.63) is 196 Å². The number of fused-ring (bicyclic) bond motifs is 2. The number of anilines is 1. The van der Waals surface area contributed by atoms with Crippen molar-refractivity contribution < 1.29 is 68.9 Å². The van der Waals surface area contributed by atoms with E-state index >= 15 is 0 Å². The molecule has 1 spiro atoms. The Kier molecular flexibility index (Phi) is 29.6. The summed E-state index contributed by atoms with van der Waals surface area (Å²) in [6.45, 7) is 6.11. The molecule has 5 amide bonds. The molecule has 554 valence electrons.